The SMILES string of the molecule is CC(C)CS(=O)(=O)Nc1ccccc1C(=N)N. The molecule has 0 aliphatic carbocycles. The second-order valence-corrected chi connectivity index (χ2v) is 6.00. The van der Waals surface area contributed by atoms with E-state index in [1.165, 1.54) is 0 Å². The van der Waals surface area contributed by atoms with Gasteiger partial charge in [0.05, 0.1) is 11.4 Å². The third-order valence-corrected chi connectivity index (χ3v) is 3.67. The number of sulfonamides is 1. The van der Waals surface area contributed by atoms with Crippen LogP contribution in [0.2, 0.25) is 0 Å². The van der Waals surface area contributed by atoms with Gasteiger partial charge >= 0.3 is 0 Å². The van der Waals surface area contributed by atoms with Crippen LogP contribution in [0.4, 0.5) is 5.69 Å². The third-order valence-electron chi connectivity index (χ3n) is 2.04. The van der Waals surface area contributed by atoms with Crippen LogP contribution in [0.3, 0.4) is 0 Å². The van der Waals surface area contributed by atoms with Gasteiger partial charge in [-0.05, 0) is 18.1 Å². The number of rotatable bonds is 5. The number of nitrogens with one attached hydrogen (secondary N) is 2. The van der Waals surface area contributed by atoms with E-state index < -0.39 is 10.0 Å². The Morgan fingerprint density at radius 1 is 1.41 bits per heavy atom. The molecule has 0 spiro atoms. The molecule has 0 aliphatic heterocycles. The summed E-state index contributed by atoms with van der Waals surface area (Å²) in [6.45, 7) is 3.66. The molecule has 0 aliphatic rings. The summed E-state index contributed by atoms with van der Waals surface area (Å²) in [4.78, 5) is 0. The molecule has 0 aromatic heterocycles. The highest BCUT2D eigenvalue weighted by Crippen LogP contribution is 2.16. The fraction of sp³-hybridized carbons (Fsp3) is 0.364. The van der Waals surface area contributed by atoms with E-state index in [0.29, 0.717) is 11.3 Å². The number of nitrogen functional groups attached to an aromatic ring is 1. The van der Waals surface area contributed by atoms with Crippen molar-refractivity contribution in [1.29, 1.82) is 5.41 Å². The minimum absolute atomic E-state index is 0.0389. The van der Waals surface area contributed by atoms with E-state index >= 15 is 0 Å². The molecule has 4 N–H and O–H groups in total. The first-order valence-corrected chi connectivity index (χ1v) is 6.91. The van der Waals surface area contributed by atoms with Crippen LogP contribution in [-0.2, 0) is 10.0 Å². The molecule has 0 heterocycles. The van der Waals surface area contributed by atoms with Gasteiger partial charge in [0.25, 0.3) is 0 Å². The standard InChI is InChI=1S/C11H17N3O2S/c1-8(2)7-17(15,16)14-10-6-4-3-5-9(10)11(12)13/h3-6,8,14H,7H2,1-2H3,(H3,12,13). The first kappa shape index (κ1) is 13.5. The van der Waals surface area contributed by atoms with Gasteiger partial charge in [0.1, 0.15) is 5.84 Å². The Morgan fingerprint density at radius 2 is 2.00 bits per heavy atom. The highest BCUT2D eigenvalue weighted by Gasteiger charge is 2.15. The molecule has 0 saturated heterocycles. The predicted octanol–water partition coefficient (Wildman–Crippen LogP) is 1.37. The molecule has 0 unspecified atom stereocenters. The molecule has 1 aromatic carbocycles. The van der Waals surface area contributed by atoms with Crippen molar-refractivity contribution in [3.8, 4) is 0 Å². The Balaban J connectivity index is 3.00. The lowest BCUT2D eigenvalue weighted by Crippen LogP contribution is -2.22. The predicted molar refractivity (Wildman–Crippen MR) is 69.7 cm³/mol. The van der Waals surface area contributed by atoms with Crippen molar-refractivity contribution in [2.45, 2.75) is 13.8 Å². The van der Waals surface area contributed by atoms with Gasteiger partial charge in [-0.3, -0.25) is 10.1 Å². The number of hydrogen-bond donors (Lipinski definition) is 3. The lowest BCUT2D eigenvalue weighted by molar-refractivity contribution is 0.587. The van der Waals surface area contributed by atoms with Crippen LogP contribution in [0, 0.1) is 11.3 Å². The lowest BCUT2D eigenvalue weighted by atomic mass is 10.2. The van der Waals surface area contributed by atoms with Gasteiger partial charge in [0.2, 0.25) is 10.0 Å². The summed E-state index contributed by atoms with van der Waals surface area (Å²) >= 11 is 0. The molecule has 0 radical (unpaired) electrons. The van der Waals surface area contributed by atoms with Crippen LogP contribution in [0.5, 0.6) is 0 Å². The average Bonchev–Trinajstić information content (AvgIpc) is 2.14. The van der Waals surface area contributed by atoms with Crippen molar-refractivity contribution in [2.75, 3.05) is 10.5 Å². The summed E-state index contributed by atoms with van der Waals surface area (Å²) < 4.78 is 26.0. The third kappa shape index (κ3) is 4.07. The fourth-order valence-electron chi connectivity index (χ4n) is 1.46. The number of para-hydroxylation sites is 1. The van der Waals surface area contributed by atoms with Crippen molar-refractivity contribution in [2.24, 2.45) is 11.7 Å². The molecule has 0 amide bonds. The van der Waals surface area contributed by atoms with Gasteiger partial charge < -0.3 is 5.73 Å². The minimum Gasteiger partial charge on any atom is -0.384 e. The largest absolute Gasteiger partial charge is 0.384 e. The second kappa shape index (κ2) is 5.18. The summed E-state index contributed by atoms with van der Waals surface area (Å²) in [7, 11) is -3.39. The molecule has 0 saturated carbocycles. The number of amidine groups is 1. The summed E-state index contributed by atoms with van der Waals surface area (Å²) in [5.41, 5.74) is 6.12. The van der Waals surface area contributed by atoms with Gasteiger partial charge in [-0.2, -0.15) is 0 Å². The molecule has 5 nitrogen and oxygen atoms in total. The fourth-order valence-corrected chi connectivity index (χ4v) is 2.93. The average molecular weight is 255 g/mol. The van der Waals surface area contributed by atoms with Crippen molar-refractivity contribution in [3.05, 3.63) is 29.8 Å². The van der Waals surface area contributed by atoms with Crippen LogP contribution in [-0.4, -0.2) is 20.0 Å². The van der Waals surface area contributed by atoms with E-state index in [-0.39, 0.29) is 17.5 Å². The summed E-state index contributed by atoms with van der Waals surface area (Å²) in [6.07, 6.45) is 0. The quantitative estimate of drug-likeness (QED) is 0.547. The number of hydrogen-bond acceptors (Lipinski definition) is 3. The number of nitrogens with two attached hydrogens (primary N) is 1. The van der Waals surface area contributed by atoms with E-state index in [2.05, 4.69) is 4.72 Å². The van der Waals surface area contributed by atoms with Gasteiger partial charge in [-0.15, -0.1) is 0 Å². The minimum atomic E-state index is -3.39. The van der Waals surface area contributed by atoms with Crippen LogP contribution < -0.4 is 10.5 Å². The Hall–Kier alpha value is -1.56. The second-order valence-electron chi connectivity index (χ2n) is 4.24. The molecule has 0 fully saturated rings. The normalized spacial score (nSPS) is 11.5. The first-order chi connectivity index (χ1) is 7.82. The molecule has 6 heteroatoms. The molecule has 94 valence electrons. The first-order valence-electron chi connectivity index (χ1n) is 5.26. The number of anilines is 1. The van der Waals surface area contributed by atoms with E-state index in [4.69, 9.17) is 11.1 Å². The Kier molecular flexibility index (Phi) is 4.11. The Labute approximate surface area is 102 Å². The van der Waals surface area contributed by atoms with Crippen LogP contribution in [0.15, 0.2) is 24.3 Å². The van der Waals surface area contributed by atoms with Crippen molar-refractivity contribution in [3.63, 3.8) is 0 Å². The monoisotopic (exact) mass is 255 g/mol. The Morgan fingerprint density at radius 3 is 2.53 bits per heavy atom. The van der Waals surface area contributed by atoms with Gasteiger partial charge in [0.15, 0.2) is 0 Å². The van der Waals surface area contributed by atoms with Gasteiger partial charge in [-0.25, -0.2) is 8.42 Å². The smallest absolute Gasteiger partial charge is 0.232 e. The molecule has 1 rings (SSSR count). The molecule has 0 atom stereocenters. The maximum Gasteiger partial charge on any atom is 0.232 e. The van der Waals surface area contributed by atoms with Gasteiger partial charge in [0, 0.05) is 5.56 Å². The zero-order valence-electron chi connectivity index (χ0n) is 9.90. The molecule has 17 heavy (non-hydrogen) atoms. The van der Waals surface area contributed by atoms with Crippen LogP contribution >= 0.6 is 0 Å². The zero-order chi connectivity index (χ0) is 13.1. The van der Waals surface area contributed by atoms with Crippen molar-refractivity contribution >= 4 is 21.5 Å². The van der Waals surface area contributed by atoms with E-state index in [1.807, 2.05) is 13.8 Å². The van der Waals surface area contributed by atoms with E-state index in [9.17, 15) is 8.42 Å². The molecule has 1 aromatic rings. The Bertz CT molecular complexity index is 509. The van der Waals surface area contributed by atoms with E-state index in [0.717, 1.165) is 0 Å². The van der Waals surface area contributed by atoms with Crippen molar-refractivity contribution < 1.29 is 8.42 Å². The highest BCUT2D eigenvalue weighted by atomic mass is 32.2. The summed E-state index contributed by atoms with van der Waals surface area (Å²) in [5, 5.41) is 7.37. The van der Waals surface area contributed by atoms with Crippen LogP contribution in [0.25, 0.3) is 0 Å². The van der Waals surface area contributed by atoms with Crippen molar-refractivity contribution in [1.82, 2.24) is 0 Å². The zero-order valence-corrected chi connectivity index (χ0v) is 10.7. The number of benzene rings is 1. The summed E-state index contributed by atoms with van der Waals surface area (Å²) in [5.74, 6) is -0.0796. The molecular weight excluding hydrogens is 238 g/mol. The highest BCUT2D eigenvalue weighted by molar-refractivity contribution is 7.92. The topological polar surface area (TPSA) is 96.0 Å². The molecular formula is C11H17N3O2S. The maximum atomic E-state index is 11.8. The summed E-state index contributed by atoms with van der Waals surface area (Å²) in [6, 6.07) is 6.60. The van der Waals surface area contributed by atoms with Crippen LogP contribution in [0.1, 0.15) is 19.4 Å². The van der Waals surface area contributed by atoms with Gasteiger partial charge in [-0.1, -0.05) is 26.0 Å². The maximum absolute atomic E-state index is 11.8. The van der Waals surface area contributed by atoms with E-state index in [1.54, 1.807) is 24.3 Å². The lowest BCUT2D eigenvalue weighted by Gasteiger charge is -2.12. The molecule has 0 bridgehead atoms.